The molecule has 0 radical (unpaired) electrons. The highest BCUT2D eigenvalue weighted by molar-refractivity contribution is 6.18. The first-order valence-electron chi connectivity index (χ1n) is 8.62. The van der Waals surface area contributed by atoms with Gasteiger partial charge in [0.05, 0.1) is 13.2 Å². The lowest BCUT2D eigenvalue weighted by Crippen LogP contribution is -2.24. The Morgan fingerprint density at radius 1 is 0.682 bits per heavy atom. The normalized spacial score (nSPS) is 32.5. The first-order chi connectivity index (χ1) is 10.7. The summed E-state index contributed by atoms with van der Waals surface area (Å²) in [4.78, 5) is 11.7. The highest BCUT2D eigenvalue weighted by Gasteiger charge is 2.24. The molecular formula is C17H28Cl2O3. The topological polar surface area (TPSA) is 35.5 Å². The van der Waals surface area contributed by atoms with Crippen molar-refractivity contribution < 1.29 is 14.3 Å². The fourth-order valence-electron chi connectivity index (χ4n) is 3.52. The molecule has 128 valence electrons. The number of carbonyl (C=O) groups excluding carboxylic acids is 1. The lowest BCUT2D eigenvalue weighted by Gasteiger charge is -2.27. The summed E-state index contributed by atoms with van der Waals surface area (Å²) in [5.74, 6) is 3.75. The average Bonchev–Trinajstić information content (AvgIpc) is 2.59. The molecule has 2 aliphatic rings. The summed E-state index contributed by atoms with van der Waals surface area (Å²) in [5.41, 5.74) is 0. The van der Waals surface area contributed by atoms with E-state index >= 15 is 0 Å². The van der Waals surface area contributed by atoms with Crippen LogP contribution >= 0.6 is 23.2 Å². The smallest absolute Gasteiger partial charge is 0.434 e. The third-order valence-electron chi connectivity index (χ3n) is 5.24. The van der Waals surface area contributed by atoms with Crippen molar-refractivity contribution in [2.45, 2.75) is 51.4 Å². The molecule has 0 atom stereocenters. The maximum absolute atomic E-state index is 11.7. The van der Waals surface area contributed by atoms with Crippen molar-refractivity contribution in [3.8, 4) is 0 Å². The van der Waals surface area contributed by atoms with Gasteiger partial charge in [0.15, 0.2) is 0 Å². The molecular weight excluding hydrogens is 323 g/mol. The molecule has 0 aromatic heterocycles. The van der Waals surface area contributed by atoms with Crippen molar-refractivity contribution in [3.63, 3.8) is 0 Å². The maximum Gasteiger partial charge on any atom is 0.508 e. The minimum atomic E-state index is -0.501. The molecule has 0 unspecified atom stereocenters. The Labute approximate surface area is 144 Å². The van der Waals surface area contributed by atoms with Gasteiger partial charge in [-0.2, -0.15) is 0 Å². The minimum absolute atomic E-state index is 0.478. The molecule has 0 aromatic rings. The van der Waals surface area contributed by atoms with E-state index in [2.05, 4.69) is 0 Å². The van der Waals surface area contributed by atoms with E-state index in [0.717, 1.165) is 63.1 Å². The second-order valence-electron chi connectivity index (χ2n) is 6.95. The Bertz CT molecular complexity index is 292. The largest absolute Gasteiger partial charge is 0.508 e. The Morgan fingerprint density at radius 2 is 1.00 bits per heavy atom. The summed E-state index contributed by atoms with van der Waals surface area (Å²) < 4.78 is 10.5. The molecule has 0 aromatic carbocycles. The summed E-state index contributed by atoms with van der Waals surface area (Å²) in [5, 5.41) is 0. The van der Waals surface area contributed by atoms with Crippen LogP contribution in [-0.2, 0) is 9.47 Å². The maximum atomic E-state index is 11.7. The molecule has 2 saturated carbocycles. The fourth-order valence-corrected chi connectivity index (χ4v) is 4.14. The summed E-state index contributed by atoms with van der Waals surface area (Å²) in [6, 6.07) is 0. The molecule has 2 rings (SSSR count). The SMILES string of the molecule is O=C(OCC1CCC(CCl)CC1)OCC1CCC(CCl)CC1. The van der Waals surface area contributed by atoms with Crippen LogP contribution in [0.5, 0.6) is 0 Å². The zero-order valence-corrected chi connectivity index (χ0v) is 14.8. The van der Waals surface area contributed by atoms with Crippen LogP contribution in [0.15, 0.2) is 0 Å². The zero-order chi connectivity index (χ0) is 15.8. The van der Waals surface area contributed by atoms with Gasteiger partial charge in [-0.25, -0.2) is 4.79 Å². The van der Waals surface area contributed by atoms with Gasteiger partial charge in [0.25, 0.3) is 0 Å². The summed E-state index contributed by atoms with van der Waals surface area (Å²) in [7, 11) is 0. The van der Waals surface area contributed by atoms with E-state index in [9.17, 15) is 4.79 Å². The molecule has 0 heterocycles. The molecule has 5 heteroatoms. The van der Waals surface area contributed by atoms with Crippen LogP contribution in [0.4, 0.5) is 4.79 Å². The molecule has 22 heavy (non-hydrogen) atoms. The van der Waals surface area contributed by atoms with Crippen molar-refractivity contribution in [2.75, 3.05) is 25.0 Å². The van der Waals surface area contributed by atoms with Crippen LogP contribution in [-0.4, -0.2) is 31.1 Å². The van der Waals surface area contributed by atoms with E-state index in [-0.39, 0.29) is 0 Å². The second kappa shape index (κ2) is 9.87. The predicted octanol–water partition coefficient (Wildman–Crippen LogP) is 5.23. The minimum Gasteiger partial charge on any atom is -0.434 e. The monoisotopic (exact) mass is 350 g/mol. The Kier molecular flexibility index (Phi) is 8.16. The van der Waals surface area contributed by atoms with E-state index in [1.165, 1.54) is 0 Å². The molecule has 0 N–H and O–H groups in total. The Morgan fingerprint density at radius 3 is 1.32 bits per heavy atom. The van der Waals surface area contributed by atoms with Gasteiger partial charge >= 0.3 is 6.16 Å². The lowest BCUT2D eigenvalue weighted by atomic mass is 9.83. The Balaban J connectivity index is 1.53. The molecule has 0 bridgehead atoms. The molecule has 2 fully saturated rings. The van der Waals surface area contributed by atoms with Crippen molar-refractivity contribution in [1.82, 2.24) is 0 Å². The van der Waals surface area contributed by atoms with E-state index in [4.69, 9.17) is 32.7 Å². The fraction of sp³-hybridized carbons (Fsp3) is 0.941. The highest BCUT2D eigenvalue weighted by Crippen LogP contribution is 2.31. The Hall–Kier alpha value is -0.150. The van der Waals surface area contributed by atoms with Crippen LogP contribution < -0.4 is 0 Å². The van der Waals surface area contributed by atoms with Crippen molar-refractivity contribution in [3.05, 3.63) is 0 Å². The number of rotatable bonds is 6. The van der Waals surface area contributed by atoms with Gasteiger partial charge in [-0.15, -0.1) is 23.2 Å². The van der Waals surface area contributed by atoms with Crippen molar-refractivity contribution in [1.29, 1.82) is 0 Å². The van der Waals surface area contributed by atoms with E-state index < -0.39 is 6.16 Å². The van der Waals surface area contributed by atoms with Gasteiger partial charge in [-0.05, 0) is 75.0 Å². The first-order valence-corrected chi connectivity index (χ1v) is 9.69. The number of ether oxygens (including phenoxy) is 2. The van der Waals surface area contributed by atoms with Gasteiger partial charge in [0, 0.05) is 11.8 Å². The van der Waals surface area contributed by atoms with Gasteiger partial charge in [-0.1, -0.05) is 0 Å². The number of hydrogen-bond donors (Lipinski definition) is 0. The van der Waals surface area contributed by atoms with E-state index in [1.54, 1.807) is 0 Å². The zero-order valence-electron chi connectivity index (χ0n) is 13.3. The van der Waals surface area contributed by atoms with Gasteiger partial charge in [0.1, 0.15) is 0 Å². The average molecular weight is 351 g/mol. The lowest BCUT2D eigenvalue weighted by molar-refractivity contribution is 0.0242. The molecule has 0 amide bonds. The predicted molar refractivity (Wildman–Crippen MR) is 89.6 cm³/mol. The number of halogens is 2. The molecule has 2 aliphatic carbocycles. The number of carbonyl (C=O) groups is 1. The highest BCUT2D eigenvalue weighted by atomic mass is 35.5. The van der Waals surface area contributed by atoms with Crippen LogP contribution in [0.1, 0.15) is 51.4 Å². The quantitative estimate of drug-likeness (QED) is 0.485. The molecule has 3 nitrogen and oxygen atoms in total. The van der Waals surface area contributed by atoms with Crippen LogP contribution in [0, 0.1) is 23.7 Å². The van der Waals surface area contributed by atoms with E-state index in [0.29, 0.717) is 36.9 Å². The van der Waals surface area contributed by atoms with Gasteiger partial charge in [-0.3, -0.25) is 0 Å². The molecule has 0 saturated heterocycles. The number of alkyl halides is 2. The third kappa shape index (κ3) is 6.16. The third-order valence-corrected chi connectivity index (χ3v) is 6.12. The second-order valence-corrected chi connectivity index (χ2v) is 7.57. The summed E-state index contributed by atoms with van der Waals surface area (Å²) in [6.07, 6.45) is 8.51. The standard InChI is InChI=1S/C17H28Cl2O3/c18-9-13-1-5-15(6-2-13)11-21-17(20)22-12-16-7-3-14(10-19)4-8-16/h13-16H,1-12H2. The van der Waals surface area contributed by atoms with Crippen molar-refractivity contribution >= 4 is 29.4 Å². The first kappa shape index (κ1) is 18.2. The van der Waals surface area contributed by atoms with Crippen LogP contribution in [0.2, 0.25) is 0 Å². The number of hydrogen-bond acceptors (Lipinski definition) is 3. The van der Waals surface area contributed by atoms with Crippen LogP contribution in [0.3, 0.4) is 0 Å². The van der Waals surface area contributed by atoms with Gasteiger partial charge < -0.3 is 9.47 Å². The van der Waals surface area contributed by atoms with Crippen molar-refractivity contribution in [2.24, 2.45) is 23.7 Å². The summed E-state index contributed by atoms with van der Waals surface area (Å²) in [6.45, 7) is 0.986. The molecule has 0 spiro atoms. The van der Waals surface area contributed by atoms with E-state index in [1.807, 2.05) is 0 Å². The summed E-state index contributed by atoms with van der Waals surface area (Å²) >= 11 is 11.8. The van der Waals surface area contributed by atoms with Crippen LogP contribution in [0.25, 0.3) is 0 Å². The van der Waals surface area contributed by atoms with Gasteiger partial charge in [0.2, 0.25) is 0 Å². The molecule has 0 aliphatic heterocycles.